The summed E-state index contributed by atoms with van der Waals surface area (Å²) < 4.78 is 13.2. The van der Waals surface area contributed by atoms with E-state index in [9.17, 15) is 14.0 Å². The summed E-state index contributed by atoms with van der Waals surface area (Å²) in [4.78, 5) is 30.2. The highest BCUT2D eigenvalue weighted by Gasteiger charge is 2.15. The van der Waals surface area contributed by atoms with E-state index >= 15 is 0 Å². The summed E-state index contributed by atoms with van der Waals surface area (Å²) in [6.45, 7) is 4.03. The van der Waals surface area contributed by atoms with Gasteiger partial charge in [-0.2, -0.15) is 0 Å². The van der Waals surface area contributed by atoms with Crippen molar-refractivity contribution in [1.29, 1.82) is 0 Å². The predicted octanol–water partition coefficient (Wildman–Crippen LogP) is 5.81. The minimum Gasteiger partial charge on any atom is -0.302 e. The number of anilines is 1. The van der Waals surface area contributed by atoms with Crippen LogP contribution >= 0.6 is 11.3 Å². The van der Waals surface area contributed by atoms with Crippen molar-refractivity contribution in [3.8, 4) is 11.3 Å². The molecule has 0 fully saturated rings. The molecule has 0 radical (unpaired) electrons. The number of aromatic nitrogens is 1. The Labute approximate surface area is 173 Å². The van der Waals surface area contributed by atoms with Crippen LogP contribution in [0.4, 0.5) is 9.52 Å². The van der Waals surface area contributed by atoms with E-state index in [-0.39, 0.29) is 30.3 Å². The lowest BCUT2D eigenvalue weighted by atomic mass is 10.1. The molecule has 2 aromatic carbocycles. The Morgan fingerprint density at radius 2 is 1.72 bits per heavy atom. The Morgan fingerprint density at radius 3 is 2.38 bits per heavy atom. The Morgan fingerprint density at radius 1 is 1.03 bits per heavy atom. The van der Waals surface area contributed by atoms with Gasteiger partial charge in [-0.25, -0.2) is 9.37 Å². The van der Waals surface area contributed by atoms with Crippen LogP contribution in [-0.2, 0) is 11.2 Å². The number of carbonyl (C=O) groups is 2. The standard InChI is InChI=1S/C23H23FN2O2S/c1-3-4-20-22(17-9-11-18(24)12-10-17)26-23(29-20)25-21(28)14-13-19(27)16-7-5-15(2)6-8-16/h5-12H,3-4,13-14H2,1-2H3,(H,25,26,28). The monoisotopic (exact) mass is 410 g/mol. The highest BCUT2D eigenvalue weighted by Crippen LogP contribution is 2.32. The molecule has 0 saturated carbocycles. The first-order valence-corrected chi connectivity index (χ1v) is 10.4. The molecule has 6 heteroatoms. The first-order valence-electron chi connectivity index (χ1n) is 9.61. The van der Waals surface area contributed by atoms with Gasteiger partial charge in [0.25, 0.3) is 0 Å². The summed E-state index contributed by atoms with van der Waals surface area (Å²) in [5.74, 6) is -0.598. The number of carbonyl (C=O) groups excluding carboxylic acids is 2. The van der Waals surface area contributed by atoms with Gasteiger partial charge in [0.1, 0.15) is 5.82 Å². The lowest BCUT2D eigenvalue weighted by Crippen LogP contribution is -2.13. The molecule has 0 spiro atoms. The average Bonchev–Trinajstić information content (AvgIpc) is 3.09. The van der Waals surface area contributed by atoms with Gasteiger partial charge in [-0.1, -0.05) is 43.2 Å². The molecule has 1 N–H and O–H groups in total. The van der Waals surface area contributed by atoms with Gasteiger partial charge >= 0.3 is 0 Å². The Kier molecular flexibility index (Phi) is 6.88. The van der Waals surface area contributed by atoms with Gasteiger partial charge in [0.15, 0.2) is 10.9 Å². The summed E-state index contributed by atoms with van der Waals surface area (Å²) in [7, 11) is 0. The number of thiazole rings is 1. The summed E-state index contributed by atoms with van der Waals surface area (Å²) in [5.41, 5.74) is 3.29. The summed E-state index contributed by atoms with van der Waals surface area (Å²) in [6.07, 6.45) is 2.01. The molecule has 150 valence electrons. The van der Waals surface area contributed by atoms with Crippen LogP contribution in [0.25, 0.3) is 11.3 Å². The van der Waals surface area contributed by atoms with E-state index in [1.54, 1.807) is 24.3 Å². The zero-order chi connectivity index (χ0) is 20.8. The van der Waals surface area contributed by atoms with Gasteiger partial charge in [0.05, 0.1) is 5.69 Å². The minimum absolute atomic E-state index is 0.0574. The predicted molar refractivity (Wildman–Crippen MR) is 115 cm³/mol. The number of Topliss-reactive ketones (excluding diaryl/α,β-unsaturated/α-hetero) is 1. The van der Waals surface area contributed by atoms with Crippen LogP contribution in [0.15, 0.2) is 48.5 Å². The van der Waals surface area contributed by atoms with Gasteiger partial charge in [-0.15, -0.1) is 11.3 Å². The van der Waals surface area contributed by atoms with Gasteiger partial charge in [0.2, 0.25) is 5.91 Å². The van der Waals surface area contributed by atoms with Crippen molar-refractivity contribution in [2.45, 2.75) is 39.5 Å². The third kappa shape index (κ3) is 5.57. The maximum Gasteiger partial charge on any atom is 0.226 e. The number of hydrogen-bond acceptors (Lipinski definition) is 4. The van der Waals surface area contributed by atoms with Crippen molar-refractivity contribution >= 4 is 28.2 Å². The normalized spacial score (nSPS) is 10.7. The molecular weight excluding hydrogens is 387 g/mol. The number of hydrogen-bond donors (Lipinski definition) is 1. The second kappa shape index (κ2) is 9.56. The van der Waals surface area contributed by atoms with E-state index in [0.29, 0.717) is 10.7 Å². The van der Waals surface area contributed by atoms with E-state index in [2.05, 4.69) is 17.2 Å². The van der Waals surface area contributed by atoms with Crippen molar-refractivity contribution in [3.05, 3.63) is 70.4 Å². The number of amides is 1. The maximum absolute atomic E-state index is 13.2. The second-order valence-electron chi connectivity index (χ2n) is 6.89. The maximum atomic E-state index is 13.2. The van der Waals surface area contributed by atoms with Crippen LogP contribution in [0.2, 0.25) is 0 Å². The Bertz CT molecular complexity index is 995. The summed E-state index contributed by atoms with van der Waals surface area (Å²) in [6, 6.07) is 13.5. The molecule has 3 rings (SSSR count). The smallest absolute Gasteiger partial charge is 0.226 e. The third-order valence-electron chi connectivity index (χ3n) is 4.49. The van der Waals surface area contributed by atoms with Crippen molar-refractivity contribution in [3.63, 3.8) is 0 Å². The first-order chi connectivity index (χ1) is 14.0. The molecule has 0 saturated heterocycles. The molecule has 0 aliphatic carbocycles. The molecule has 0 aliphatic heterocycles. The van der Waals surface area contributed by atoms with Gasteiger partial charge in [-0.3, -0.25) is 9.59 Å². The SMILES string of the molecule is CCCc1sc(NC(=O)CCC(=O)c2ccc(C)cc2)nc1-c1ccc(F)cc1. The van der Waals surface area contributed by atoms with Crippen LogP contribution in [-0.4, -0.2) is 16.7 Å². The topological polar surface area (TPSA) is 59.1 Å². The lowest BCUT2D eigenvalue weighted by molar-refractivity contribution is -0.116. The number of aryl methyl sites for hydroxylation is 2. The van der Waals surface area contributed by atoms with Crippen molar-refractivity contribution < 1.29 is 14.0 Å². The molecule has 3 aromatic rings. The van der Waals surface area contributed by atoms with E-state index in [1.807, 2.05) is 19.1 Å². The van der Waals surface area contributed by atoms with Crippen LogP contribution in [0.1, 0.15) is 47.0 Å². The van der Waals surface area contributed by atoms with Crippen molar-refractivity contribution in [1.82, 2.24) is 4.98 Å². The van der Waals surface area contributed by atoms with Crippen molar-refractivity contribution in [2.75, 3.05) is 5.32 Å². The van der Waals surface area contributed by atoms with E-state index in [0.717, 1.165) is 34.5 Å². The number of nitrogens with zero attached hydrogens (tertiary/aromatic N) is 1. The van der Waals surface area contributed by atoms with Crippen LogP contribution in [0, 0.1) is 12.7 Å². The van der Waals surface area contributed by atoms with Gasteiger partial charge in [0, 0.05) is 28.8 Å². The molecule has 4 nitrogen and oxygen atoms in total. The number of nitrogens with one attached hydrogen (secondary N) is 1. The molecule has 0 aliphatic rings. The molecule has 0 atom stereocenters. The third-order valence-corrected chi connectivity index (χ3v) is 5.52. The number of rotatable bonds is 8. The molecule has 1 aromatic heterocycles. The molecule has 29 heavy (non-hydrogen) atoms. The molecule has 1 heterocycles. The number of halogens is 1. The van der Waals surface area contributed by atoms with Crippen LogP contribution < -0.4 is 5.32 Å². The molecule has 1 amide bonds. The highest BCUT2D eigenvalue weighted by atomic mass is 32.1. The van der Waals surface area contributed by atoms with Gasteiger partial charge < -0.3 is 5.32 Å². The van der Waals surface area contributed by atoms with E-state index < -0.39 is 0 Å². The van der Waals surface area contributed by atoms with Crippen LogP contribution in [0.3, 0.4) is 0 Å². The Hall–Kier alpha value is -2.86. The average molecular weight is 411 g/mol. The highest BCUT2D eigenvalue weighted by molar-refractivity contribution is 7.16. The Balaban J connectivity index is 1.65. The van der Waals surface area contributed by atoms with Gasteiger partial charge in [-0.05, 0) is 37.6 Å². The first kappa shape index (κ1) is 20.9. The molecular formula is C23H23FN2O2S. The number of ketones is 1. The molecule has 0 bridgehead atoms. The zero-order valence-electron chi connectivity index (χ0n) is 16.5. The van der Waals surface area contributed by atoms with E-state index in [1.165, 1.54) is 23.5 Å². The fourth-order valence-electron chi connectivity index (χ4n) is 2.93. The fraction of sp³-hybridized carbons (Fsp3) is 0.261. The van der Waals surface area contributed by atoms with Crippen LogP contribution in [0.5, 0.6) is 0 Å². The summed E-state index contributed by atoms with van der Waals surface area (Å²) >= 11 is 1.42. The largest absolute Gasteiger partial charge is 0.302 e. The quantitative estimate of drug-likeness (QED) is 0.477. The second-order valence-corrected chi connectivity index (χ2v) is 7.97. The minimum atomic E-state index is -0.298. The fourth-order valence-corrected chi connectivity index (χ4v) is 4.03. The lowest BCUT2D eigenvalue weighted by Gasteiger charge is -2.03. The summed E-state index contributed by atoms with van der Waals surface area (Å²) in [5, 5.41) is 3.30. The zero-order valence-corrected chi connectivity index (χ0v) is 17.3. The molecule has 0 unspecified atom stereocenters. The number of benzene rings is 2. The van der Waals surface area contributed by atoms with E-state index in [4.69, 9.17) is 0 Å². The van der Waals surface area contributed by atoms with Crippen molar-refractivity contribution in [2.24, 2.45) is 0 Å².